The molecule has 50 valence electrons. The molecular weight excluding hydrogens is 328 g/mol. The van der Waals surface area contributed by atoms with Gasteiger partial charge in [-0.15, -0.1) is 0 Å². The number of hydrogen-bond donors (Lipinski definition) is 0. The summed E-state index contributed by atoms with van der Waals surface area (Å²) in [4.78, 5) is 0. The number of rotatable bonds is 4. The van der Waals surface area contributed by atoms with E-state index in [1.165, 1.54) is 6.54 Å². The summed E-state index contributed by atoms with van der Waals surface area (Å²) >= 11 is 2.74. The number of halogens is 2. The monoisotopic (exact) mass is 338 g/mol. The summed E-state index contributed by atoms with van der Waals surface area (Å²) in [6.45, 7) is 4.83. The molecule has 0 saturated heterocycles. The Hall–Kier alpha value is 1.16. The van der Waals surface area contributed by atoms with Crippen LogP contribution in [0.3, 0.4) is 0 Å². The van der Waals surface area contributed by atoms with E-state index < -0.39 is 0 Å². The topological polar surface area (TPSA) is 3.24 Å². The van der Waals surface area contributed by atoms with Crippen molar-refractivity contribution in [3.05, 3.63) is 12.7 Å². The Bertz CT molecular complexity index is 65.4. The summed E-state index contributed by atoms with van der Waals surface area (Å²) in [6, 6.07) is 0. The number of nitrogens with zero attached hydrogens (tertiary/aromatic N) is 1. The Kier molecular flexibility index (Phi) is 7.19. The van der Waals surface area contributed by atoms with Gasteiger partial charge in [0.25, 0.3) is 0 Å². The predicted octanol–water partition coefficient (Wildman–Crippen LogP) is -1.15. The molecule has 0 radical (unpaired) electrons. The Morgan fingerprint density at radius 1 is 1.88 bits per heavy atom. The molecule has 0 saturated carbocycles. The van der Waals surface area contributed by atoms with Crippen LogP contribution in [0.25, 0.3) is 0 Å². The van der Waals surface area contributed by atoms with Crippen LogP contribution in [0.4, 0.5) is 0 Å². The van der Waals surface area contributed by atoms with Gasteiger partial charge in [0.1, 0.15) is 0 Å². The van der Waals surface area contributed by atoms with E-state index in [0.29, 0.717) is 0 Å². The van der Waals surface area contributed by atoms with Crippen molar-refractivity contribution < 1.29 is 17.5 Å². The molecule has 0 aromatic carbocycles. The summed E-state index contributed by atoms with van der Waals surface area (Å²) in [5.41, 5.74) is 0. The van der Waals surface area contributed by atoms with E-state index in [9.17, 15) is 0 Å². The van der Waals surface area contributed by atoms with Crippen molar-refractivity contribution in [3.63, 3.8) is 0 Å². The molecule has 0 aliphatic rings. The van der Waals surface area contributed by atoms with Crippen molar-refractivity contribution in [1.82, 2.24) is 3.11 Å². The van der Waals surface area contributed by atoms with Gasteiger partial charge in [0.2, 0.25) is 0 Å². The van der Waals surface area contributed by atoms with Gasteiger partial charge in [0, 0.05) is 0 Å². The molecule has 0 aliphatic carbocycles. The van der Waals surface area contributed by atoms with E-state index in [0.717, 1.165) is 6.42 Å². The minimum atomic E-state index is 0.288. The fourth-order valence-electron chi connectivity index (χ4n) is 0.301. The first-order valence-electron chi connectivity index (χ1n) is 2.39. The molecule has 0 aliphatic heterocycles. The van der Waals surface area contributed by atoms with Gasteiger partial charge in [0.05, 0.1) is 0 Å². The normalized spacial score (nSPS) is 10.4. The minimum absolute atomic E-state index is 0.288. The molecule has 3 heteroatoms. The quantitative estimate of drug-likeness (QED) is 0.356. The molecule has 0 spiro atoms. The SMILES string of the molecule is C=CCCN(C)[I-]I. The van der Waals surface area contributed by atoms with E-state index in [-0.39, 0.29) is 17.5 Å². The first-order valence-corrected chi connectivity index (χ1v) is 9.64. The molecule has 0 atom stereocenters. The van der Waals surface area contributed by atoms with Crippen molar-refractivity contribution in [3.8, 4) is 0 Å². The Labute approximate surface area is 71.3 Å². The number of hydrogen-bond acceptors (Lipinski definition) is 1. The Balaban J connectivity index is 2.97. The van der Waals surface area contributed by atoms with Gasteiger partial charge in [-0.05, 0) is 0 Å². The molecule has 0 rings (SSSR count). The van der Waals surface area contributed by atoms with E-state index in [2.05, 4.69) is 35.4 Å². The van der Waals surface area contributed by atoms with Crippen LogP contribution in [0.5, 0.6) is 0 Å². The summed E-state index contributed by atoms with van der Waals surface area (Å²) in [7, 11) is 2.16. The van der Waals surface area contributed by atoms with Crippen molar-refractivity contribution in [2.75, 3.05) is 13.6 Å². The fourth-order valence-corrected chi connectivity index (χ4v) is 1.99. The van der Waals surface area contributed by atoms with Gasteiger partial charge < -0.3 is 0 Å². The first-order chi connectivity index (χ1) is 3.81. The maximum atomic E-state index is 3.65. The molecule has 0 unspecified atom stereocenters. The summed E-state index contributed by atoms with van der Waals surface area (Å²) in [5.74, 6) is 0. The van der Waals surface area contributed by atoms with E-state index in [1.54, 1.807) is 0 Å². The third-order valence-corrected chi connectivity index (χ3v) is 6.03. The standard InChI is InChI=1S/C5H10I2N/c1-3-4-5-8(2)7-6/h3H,1,4-5H2,2H3/q-1. The average Bonchev–Trinajstić information content (AvgIpc) is 1.83. The second-order valence-corrected chi connectivity index (χ2v) is 5.93. The zero-order valence-electron chi connectivity index (χ0n) is 4.90. The van der Waals surface area contributed by atoms with E-state index in [1.807, 2.05) is 6.08 Å². The van der Waals surface area contributed by atoms with Gasteiger partial charge in [-0.1, -0.05) is 0 Å². The second-order valence-electron chi connectivity index (χ2n) is 1.47. The van der Waals surface area contributed by atoms with Crippen molar-refractivity contribution in [2.24, 2.45) is 0 Å². The van der Waals surface area contributed by atoms with E-state index in [4.69, 9.17) is 0 Å². The molecule has 8 heavy (non-hydrogen) atoms. The van der Waals surface area contributed by atoms with Crippen molar-refractivity contribution in [1.29, 1.82) is 0 Å². The summed E-state index contributed by atoms with van der Waals surface area (Å²) < 4.78 is 2.36. The van der Waals surface area contributed by atoms with Crippen LogP contribution >= 0.6 is 18.6 Å². The van der Waals surface area contributed by atoms with Crippen molar-refractivity contribution >= 4 is 18.6 Å². The predicted molar refractivity (Wildman–Crippen MR) is 41.5 cm³/mol. The zero-order chi connectivity index (χ0) is 6.41. The van der Waals surface area contributed by atoms with Crippen LogP contribution in [0.1, 0.15) is 6.42 Å². The third kappa shape index (κ3) is 5.30. The Morgan fingerprint density at radius 2 is 2.50 bits per heavy atom. The van der Waals surface area contributed by atoms with Gasteiger partial charge in [-0.3, -0.25) is 0 Å². The van der Waals surface area contributed by atoms with Gasteiger partial charge in [-0.25, -0.2) is 0 Å². The maximum absolute atomic E-state index is 3.65. The molecule has 0 bridgehead atoms. The van der Waals surface area contributed by atoms with Gasteiger partial charge in [-0.2, -0.15) is 0 Å². The summed E-state index contributed by atoms with van der Waals surface area (Å²) in [5, 5.41) is 0. The van der Waals surface area contributed by atoms with Crippen LogP contribution < -0.4 is 17.5 Å². The summed E-state index contributed by atoms with van der Waals surface area (Å²) in [6.07, 6.45) is 3.09. The van der Waals surface area contributed by atoms with Crippen LogP contribution in [0.2, 0.25) is 0 Å². The average molecular weight is 338 g/mol. The molecule has 0 aromatic rings. The first kappa shape index (κ1) is 9.16. The molecule has 0 amide bonds. The fraction of sp³-hybridized carbons (Fsp3) is 0.600. The molecule has 1 nitrogen and oxygen atoms in total. The van der Waals surface area contributed by atoms with Gasteiger partial charge >= 0.3 is 71.9 Å². The van der Waals surface area contributed by atoms with Crippen LogP contribution in [-0.4, -0.2) is 16.7 Å². The molecular formula is C5H10I2N-. The van der Waals surface area contributed by atoms with Gasteiger partial charge in [0.15, 0.2) is 0 Å². The van der Waals surface area contributed by atoms with Crippen LogP contribution in [-0.2, 0) is 0 Å². The molecule has 0 fully saturated rings. The molecule has 0 aromatic heterocycles. The molecule has 0 heterocycles. The van der Waals surface area contributed by atoms with Crippen LogP contribution in [0, 0.1) is 0 Å². The van der Waals surface area contributed by atoms with E-state index >= 15 is 0 Å². The Morgan fingerprint density at radius 3 is 2.88 bits per heavy atom. The third-order valence-electron chi connectivity index (χ3n) is 0.750. The molecule has 0 N–H and O–H groups in total. The zero-order valence-corrected chi connectivity index (χ0v) is 9.22. The van der Waals surface area contributed by atoms with Crippen LogP contribution in [0.15, 0.2) is 12.7 Å². The second kappa shape index (κ2) is 6.28. The van der Waals surface area contributed by atoms with Crippen molar-refractivity contribution in [2.45, 2.75) is 6.42 Å².